The first-order valence-corrected chi connectivity index (χ1v) is 7.91. The highest BCUT2D eigenvalue weighted by atomic mass is 16.7. The molecule has 2 aromatic heterocycles. The number of pyridine rings is 1. The van der Waals surface area contributed by atoms with Crippen LogP contribution in [0.25, 0.3) is 22.3 Å². The van der Waals surface area contributed by atoms with Crippen molar-refractivity contribution in [1.29, 1.82) is 0 Å². The van der Waals surface area contributed by atoms with Crippen LogP contribution in [0.15, 0.2) is 24.4 Å². The van der Waals surface area contributed by atoms with Crippen LogP contribution in [0, 0.1) is 6.92 Å². The van der Waals surface area contributed by atoms with Crippen LogP contribution in [0.4, 0.5) is 0 Å². The fourth-order valence-electron chi connectivity index (χ4n) is 3.07. The third kappa shape index (κ3) is 2.18. The molecule has 24 heavy (non-hydrogen) atoms. The largest absolute Gasteiger partial charge is 0.493 e. The van der Waals surface area contributed by atoms with Crippen LogP contribution in [-0.2, 0) is 0 Å². The number of rotatable bonds is 3. The Hall–Kier alpha value is -2.76. The molecule has 0 saturated carbocycles. The van der Waals surface area contributed by atoms with Crippen molar-refractivity contribution in [3.63, 3.8) is 0 Å². The molecule has 0 spiro atoms. The Kier molecular flexibility index (Phi) is 3.33. The van der Waals surface area contributed by atoms with Crippen molar-refractivity contribution in [2.75, 3.05) is 13.9 Å². The SMILES string of the molecule is COc1cc(-c2cc(C)c3c(cnn3C(C)C)n2)cc2c1OCO2. The number of ether oxygens (including phenoxy) is 3. The zero-order valence-electron chi connectivity index (χ0n) is 14.2. The fourth-order valence-corrected chi connectivity index (χ4v) is 3.07. The van der Waals surface area contributed by atoms with Gasteiger partial charge in [0.2, 0.25) is 12.5 Å². The highest BCUT2D eigenvalue weighted by Gasteiger charge is 2.21. The summed E-state index contributed by atoms with van der Waals surface area (Å²) in [7, 11) is 1.62. The summed E-state index contributed by atoms with van der Waals surface area (Å²) in [6.45, 7) is 6.52. The van der Waals surface area contributed by atoms with Crippen molar-refractivity contribution >= 4 is 11.0 Å². The van der Waals surface area contributed by atoms with E-state index in [1.807, 2.05) is 23.0 Å². The van der Waals surface area contributed by atoms with Gasteiger partial charge < -0.3 is 14.2 Å². The maximum absolute atomic E-state index is 5.51. The molecule has 0 saturated heterocycles. The number of methoxy groups -OCH3 is 1. The van der Waals surface area contributed by atoms with E-state index < -0.39 is 0 Å². The molecule has 1 aliphatic heterocycles. The summed E-state index contributed by atoms with van der Waals surface area (Å²) in [5.74, 6) is 1.98. The second-order valence-corrected chi connectivity index (χ2v) is 6.15. The van der Waals surface area contributed by atoms with Gasteiger partial charge in [0, 0.05) is 11.6 Å². The van der Waals surface area contributed by atoms with Gasteiger partial charge in [0.25, 0.3) is 0 Å². The first-order valence-electron chi connectivity index (χ1n) is 7.91. The highest BCUT2D eigenvalue weighted by molar-refractivity contribution is 5.82. The molecular formula is C18H19N3O3. The van der Waals surface area contributed by atoms with Gasteiger partial charge in [-0.05, 0) is 44.5 Å². The molecular weight excluding hydrogens is 306 g/mol. The van der Waals surface area contributed by atoms with Crippen LogP contribution < -0.4 is 14.2 Å². The van der Waals surface area contributed by atoms with E-state index in [4.69, 9.17) is 19.2 Å². The van der Waals surface area contributed by atoms with E-state index >= 15 is 0 Å². The van der Waals surface area contributed by atoms with Crippen LogP contribution >= 0.6 is 0 Å². The molecule has 1 aliphatic rings. The van der Waals surface area contributed by atoms with Crippen LogP contribution in [0.2, 0.25) is 0 Å². The maximum atomic E-state index is 5.51. The average molecular weight is 325 g/mol. The highest BCUT2D eigenvalue weighted by Crippen LogP contribution is 2.44. The Labute approximate surface area is 140 Å². The molecule has 0 bridgehead atoms. The molecule has 0 unspecified atom stereocenters. The molecule has 0 amide bonds. The van der Waals surface area contributed by atoms with Crippen molar-refractivity contribution in [2.45, 2.75) is 26.8 Å². The minimum atomic E-state index is 0.210. The molecule has 0 atom stereocenters. The minimum absolute atomic E-state index is 0.210. The Balaban J connectivity index is 1.89. The lowest BCUT2D eigenvalue weighted by Crippen LogP contribution is -2.03. The van der Waals surface area contributed by atoms with Crippen LogP contribution in [0.5, 0.6) is 17.2 Å². The molecule has 0 fully saturated rings. The van der Waals surface area contributed by atoms with E-state index in [9.17, 15) is 0 Å². The van der Waals surface area contributed by atoms with Crippen LogP contribution in [-0.4, -0.2) is 28.7 Å². The fraction of sp³-hybridized carbons (Fsp3) is 0.333. The quantitative estimate of drug-likeness (QED) is 0.734. The first-order chi connectivity index (χ1) is 11.6. The predicted octanol–water partition coefficient (Wildman–Crippen LogP) is 3.72. The van der Waals surface area contributed by atoms with Crippen molar-refractivity contribution < 1.29 is 14.2 Å². The van der Waals surface area contributed by atoms with Gasteiger partial charge in [-0.25, -0.2) is 4.98 Å². The molecule has 0 N–H and O–H groups in total. The van der Waals surface area contributed by atoms with Crippen molar-refractivity contribution in [1.82, 2.24) is 14.8 Å². The molecule has 124 valence electrons. The first kappa shape index (κ1) is 14.8. The van der Waals surface area contributed by atoms with E-state index in [0.717, 1.165) is 27.9 Å². The number of aromatic nitrogens is 3. The minimum Gasteiger partial charge on any atom is -0.493 e. The Bertz CT molecular complexity index is 931. The molecule has 4 rings (SSSR count). The summed E-state index contributed by atoms with van der Waals surface area (Å²) in [5.41, 5.74) is 4.88. The van der Waals surface area contributed by atoms with Gasteiger partial charge in [-0.3, -0.25) is 4.68 Å². The Morgan fingerprint density at radius 2 is 2.04 bits per heavy atom. The smallest absolute Gasteiger partial charge is 0.231 e. The van der Waals surface area contributed by atoms with Gasteiger partial charge in [0.1, 0.15) is 5.52 Å². The second-order valence-electron chi connectivity index (χ2n) is 6.15. The number of hydrogen-bond donors (Lipinski definition) is 0. The second kappa shape index (κ2) is 5.40. The summed E-state index contributed by atoms with van der Waals surface area (Å²) in [5, 5.41) is 4.47. The molecule has 3 heterocycles. The van der Waals surface area contributed by atoms with Crippen molar-refractivity contribution in [3.8, 4) is 28.5 Å². The van der Waals surface area contributed by atoms with Crippen LogP contribution in [0.1, 0.15) is 25.5 Å². The topological polar surface area (TPSA) is 58.4 Å². The van der Waals surface area contributed by atoms with E-state index in [1.165, 1.54) is 0 Å². The number of nitrogens with zero attached hydrogens (tertiary/aromatic N) is 3. The lowest BCUT2D eigenvalue weighted by Gasteiger charge is -2.11. The number of fused-ring (bicyclic) bond motifs is 2. The lowest BCUT2D eigenvalue weighted by molar-refractivity contribution is 0.171. The Morgan fingerprint density at radius 3 is 2.79 bits per heavy atom. The van der Waals surface area contributed by atoms with E-state index in [0.29, 0.717) is 23.3 Å². The summed E-state index contributed by atoms with van der Waals surface area (Å²) in [6, 6.07) is 6.22. The van der Waals surface area contributed by atoms with Gasteiger partial charge >= 0.3 is 0 Å². The van der Waals surface area contributed by atoms with Gasteiger partial charge in [0.15, 0.2) is 11.5 Å². The monoisotopic (exact) mass is 325 g/mol. The van der Waals surface area contributed by atoms with Crippen molar-refractivity contribution in [2.24, 2.45) is 0 Å². The number of aryl methyl sites for hydroxylation is 1. The molecule has 1 aromatic carbocycles. The van der Waals surface area contributed by atoms with Gasteiger partial charge in [0.05, 0.1) is 24.5 Å². The third-order valence-corrected chi connectivity index (χ3v) is 4.19. The van der Waals surface area contributed by atoms with Crippen molar-refractivity contribution in [3.05, 3.63) is 30.0 Å². The maximum Gasteiger partial charge on any atom is 0.231 e. The number of benzene rings is 1. The Morgan fingerprint density at radius 1 is 1.21 bits per heavy atom. The summed E-state index contributed by atoms with van der Waals surface area (Å²) < 4.78 is 18.4. The van der Waals surface area contributed by atoms with E-state index in [-0.39, 0.29) is 6.79 Å². The van der Waals surface area contributed by atoms with Crippen LogP contribution in [0.3, 0.4) is 0 Å². The molecule has 6 nitrogen and oxygen atoms in total. The summed E-state index contributed by atoms with van der Waals surface area (Å²) >= 11 is 0. The molecule has 3 aromatic rings. The average Bonchev–Trinajstić information content (AvgIpc) is 3.20. The molecule has 0 aliphatic carbocycles. The van der Waals surface area contributed by atoms with Gasteiger partial charge in [-0.2, -0.15) is 5.10 Å². The summed E-state index contributed by atoms with van der Waals surface area (Å²) in [6.07, 6.45) is 1.82. The number of hydrogen-bond acceptors (Lipinski definition) is 5. The normalized spacial score (nSPS) is 13.0. The summed E-state index contributed by atoms with van der Waals surface area (Å²) in [4.78, 5) is 4.77. The zero-order chi connectivity index (χ0) is 16.8. The van der Waals surface area contributed by atoms with Gasteiger partial charge in [-0.15, -0.1) is 0 Å². The lowest BCUT2D eigenvalue weighted by atomic mass is 10.1. The molecule has 0 radical (unpaired) electrons. The van der Waals surface area contributed by atoms with E-state index in [1.54, 1.807) is 7.11 Å². The predicted molar refractivity (Wildman–Crippen MR) is 90.8 cm³/mol. The molecule has 6 heteroatoms. The van der Waals surface area contributed by atoms with Gasteiger partial charge in [-0.1, -0.05) is 0 Å². The standard InChI is InChI=1S/C18H19N3O3/c1-10(2)21-17-11(3)5-13(20-14(17)8-19-21)12-6-15(22-4)18-16(7-12)23-9-24-18/h5-8,10H,9H2,1-4H3. The zero-order valence-corrected chi connectivity index (χ0v) is 14.2. The van der Waals surface area contributed by atoms with E-state index in [2.05, 4.69) is 31.9 Å². The third-order valence-electron chi connectivity index (χ3n) is 4.19.